The van der Waals surface area contributed by atoms with Crippen LogP contribution in [0.5, 0.6) is 0 Å². The van der Waals surface area contributed by atoms with Gasteiger partial charge in [0.1, 0.15) is 5.82 Å². The van der Waals surface area contributed by atoms with Crippen molar-refractivity contribution in [2.45, 2.75) is 6.42 Å². The van der Waals surface area contributed by atoms with Gasteiger partial charge in [0.05, 0.1) is 12.6 Å². The molecule has 2 heterocycles. The lowest BCUT2D eigenvalue weighted by molar-refractivity contribution is -0.115. The van der Waals surface area contributed by atoms with Crippen molar-refractivity contribution in [1.29, 1.82) is 0 Å². The number of nitrogens with one attached hydrogen (secondary N) is 1. The van der Waals surface area contributed by atoms with Gasteiger partial charge in [-0.15, -0.1) is 0 Å². The second-order valence-corrected chi connectivity index (χ2v) is 6.06. The third kappa shape index (κ3) is 2.55. The number of carbonyl (C=O) groups is 1. The van der Waals surface area contributed by atoms with Gasteiger partial charge in [-0.1, -0.05) is 29.8 Å². The maximum atomic E-state index is 13.6. The second kappa shape index (κ2) is 5.73. The van der Waals surface area contributed by atoms with Crippen LogP contribution in [0, 0.1) is 5.82 Å². The van der Waals surface area contributed by atoms with Crippen LogP contribution >= 0.6 is 11.6 Å². The summed E-state index contributed by atoms with van der Waals surface area (Å²) in [4.78, 5) is 15.5. The number of fused-ring (bicyclic) bond motifs is 1. The minimum atomic E-state index is -0.401. The summed E-state index contributed by atoms with van der Waals surface area (Å²) in [6.07, 6.45) is 3.13. The summed E-state index contributed by atoms with van der Waals surface area (Å²) in [5.41, 5.74) is 4.89. The zero-order chi connectivity index (χ0) is 16.7. The Hall–Kier alpha value is -2.72. The number of rotatable bonds is 2. The Kier molecular flexibility index (Phi) is 3.54. The first-order chi connectivity index (χ1) is 11.6. The highest BCUT2D eigenvalue weighted by Crippen LogP contribution is 2.39. The van der Waals surface area contributed by atoms with Crippen LogP contribution in [0.1, 0.15) is 5.56 Å². The topological polar surface area (TPSA) is 42.0 Å². The van der Waals surface area contributed by atoms with Gasteiger partial charge < -0.3 is 5.32 Å². The monoisotopic (exact) mass is 338 g/mol. The molecular weight excluding hydrogens is 327 g/mol. The van der Waals surface area contributed by atoms with E-state index in [0.29, 0.717) is 17.0 Å². The molecule has 1 aromatic heterocycles. The fourth-order valence-corrected chi connectivity index (χ4v) is 3.29. The Bertz CT molecular complexity index is 971. The molecule has 0 fully saturated rings. The number of carbonyl (C=O) groups excluding carboxylic acids is 1. The van der Waals surface area contributed by atoms with Gasteiger partial charge in [0.25, 0.3) is 0 Å². The van der Waals surface area contributed by atoms with Crippen molar-refractivity contribution in [3.8, 4) is 22.3 Å². The number of hydrogen-bond acceptors (Lipinski definition) is 2. The van der Waals surface area contributed by atoms with Crippen molar-refractivity contribution in [3.05, 3.63) is 71.3 Å². The summed E-state index contributed by atoms with van der Waals surface area (Å²) >= 11 is 6.44. The van der Waals surface area contributed by atoms with Gasteiger partial charge in [-0.3, -0.25) is 9.78 Å². The highest BCUT2D eigenvalue weighted by molar-refractivity contribution is 6.34. The van der Waals surface area contributed by atoms with E-state index >= 15 is 0 Å². The molecule has 1 aliphatic rings. The van der Waals surface area contributed by atoms with Crippen LogP contribution < -0.4 is 5.32 Å². The largest absolute Gasteiger partial charge is 0.326 e. The fourth-order valence-electron chi connectivity index (χ4n) is 3.00. The van der Waals surface area contributed by atoms with E-state index in [9.17, 15) is 9.18 Å². The van der Waals surface area contributed by atoms with Crippen molar-refractivity contribution in [2.24, 2.45) is 0 Å². The summed E-state index contributed by atoms with van der Waals surface area (Å²) in [6.45, 7) is 0. The van der Waals surface area contributed by atoms with Gasteiger partial charge in [-0.05, 0) is 41.0 Å². The number of halogens is 2. The lowest BCUT2D eigenvalue weighted by atomic mass is 9.94. The number of amides is 1. The van der Waals surface area contributed by atoms with Crippen molar-refractivity contribution in [1.82, 2.24) is 4.98 Å². The van der Waals surface area contributed by atoms with E-state index in [4.69, 9.17) is 11.6 Å². The molecule has 2 aromatic carbocycles. The van der Waals surface area contributed by atoms with Crippen LogP contribution in [0.3, 0.4) is 0 Å². The normalized spacial score (nSPS) is 12.8. The molecule has 0 radical (unpaired) electrons. The molecule has 0 unspecified atom stereocenters. The number of benzene rings is 2. The van der Waals surface area contributed by atoms with Gasteiger partial charge in [-0.25, -0.2) is 4.39 Å². The molecule has 0 atom stereocenters. The van der Waals surface area contributed by atoms with E-state index < -0.39 is 5.82 Å². The molecule has 1 aliphatic heterocycles. The predicted molar refractivity (Wildman–Crippen MR) is 92.4 cm³/mol. The average molecular weight is 339 g/mol. The Morgan fingerprint density at radius 2 is 1.96 bits per heavy atom. The molecule has 3 aromatic rings. The SMILES string of the molecule is O=C1Cc2cc(-c3c(Cl)cccc3-c3cncc(F)c3)ccc2N1. The van der Waals surface area contributed by atoms with Crippen LogP contribution in [0.15, 0.2) is 54.9 Å². The second-order valence-electron chi connectivity index (χ2n) is 5.65. The fraction of sp³-hybridized carbons (Fsp3) is 0.0526. The van der Waals surface area contributed by atoms with E-state index in [-0.39, 0.29) is 5.91 Å². The standard InChI is InChI=1S/C19H12ClFN2O/c20-16-3-1-2-15(13-7-14(21)10-22-9-13)19(16)11-4-5-17-12(6-11)8-18(24)23-17/h1-7,9-10H,8H2,(H,23,24). The molecule has 0 saturated heterocycles. The first-order valence-electron chi connectivity index (χ1n) is 7.44. The number of hydrogen-bond donors (Lipinski definition) is 1. The number of pyridine rings is 1. The smallest absolute Gasteiger partial charge is 0.228 e. The minimum absolute atomic E-state index is 0.0177. The van der Waals surface area contributed by atoms with Crippen LogP contribution in [0.2, 0.25) is 5.02 Å². The van der Waals surface area contributed by atoms with Crippen molar-refractivity contribution in [3.63, 3.8) is 0 Å². The molecule has 5 heteroatoms. The number of nitrogens with zero attached hydrogens (tertiary/aromatic N) is 1. The Labute approximate surface area is 143 Å². The summed E-state index contributed by atoms with van der Waals surface area (Å²) in [5, 5.41) is 3.38. The molecule has 0 aliphatic carbocycles. The van der Waals surface area contributed by atoms with E-state index in [1.165, 1.54) is 12.3 Å². The maximum absolute atomic E-state index is 13.6. The zero-order valence-electron chi connectivity index (χ0n) is 12.5. The summed E-state index contributed by atoms with van der Waals surface area (Å²) in [5.74, 6) is -0.418. The number of anilines is 1. The average Bonchev–Trinajstić information content (AvgIpc) is 2.93. The quantitative estimate of drug-likeness (QED) is 0.735. The summed E-state index contributed by atoms with van der Waals surface area (Å²) in [7, 11) is 0. The Balaban J connectivity index is 1.90. The minimum Gasteiger partial charge on any atom is -0.326 e. The number of aromatic nitrogens is 1. The van der Waals surface area contributed by atoms with Crippen LogP contribution in [0.25, 0.3) is 22.3 Å². The zero-order valence-corrected chi connectivity index (χ0v) is 13.3. The molecule has 4 rings (SSSR count). The first kappa shape index (κ1) is 14.8. The molecule has 24 heavy (non-hydrogen) atoms. The third-order valence-electron chi connectivity index (χ3n) is 4.05. The van der Waals surface area contributed by atoms with E-state index in [0.717, 1.165) is 27.9 Å². The van der Waals surface area contributed by atoms with Gasteiger partial charge in [0.15, 0.2) is 0 Å². The molecule has 0 spiro atoms. The van der Waals surface area contributed by atoms with Crippen molar-refractivity contribution < 1.29 is 9.18 Å². The maximum Gasteiger partial charge on any atom is 0.228 e. The molecule has 3 nitrogen and oxygen atoms in total. The molecule has 0 saturated carbocycles. The molecule has 0 bridgehead atoms. The summed E-state index contributed by atoms with van der Waals surface area (Å²) in [6, 6.07) is 12.7. The summed E-state index contributed by atoms with van der Waals surface area (Å²) < 4.78 is 13.6. The lowest BCUT2D eigenvalue weighted by Gasteiger charge is -2.13. The molecule has 1 amide bonds. The highest BCUT2D eigenvalue weighted by atomic mass is 35.5. The molecule has 1 N–H and O–H groups in total. The highest BCUT2D eigenvalue weighted by Gasteiger charge is 2.19. The lowest BCUT2D eigenvalue weighted by Crippen LogP contribution is -2.03. The van der Waals surface area contributed by atoms with E-state index in [1.807, 2.05) is 30.3 Å². The van der Waals surface area contributed by atoms with Gasteiger partial charge >= 0.3 is 0 Å². The molecule has 118 valence electrons. The van der Waals surface area contributed by atoms with Gasteiger partial charge in [0, 0.05) is 28.0 Å². The predicted octanol–water partition coefficient (Wildman–Crippen LogP) is 4.70. The van der Waals surface area contributed by atoms with Crippen LogP contribution in [-0.4, -0.2) is 10.9 Å². The van der Waals surface area contributed by atoms with Crippen molar-refractivity contribution in [2.75, 3.05) is 5.32 Å². The first-order valence-corrected chi connectivity index (χ1v) is 7.82. The third-order valence-corrected chi connectivity index (χ3v) is 4.36. The van der Waals surface area contributed by atoms with E-state index in [2.05, 4.69) is 10.3 Å². The van der Waals surface area contributed by atoms with Crippen LogP contribution in [0.4, 0.5) is 10.1 Å². The van der Waals surface area contributed by atoms with Gasteiger partial charge in [0.2, 0.25) is 5.91 Å². The van der Waals surface area contributed by atoms with E-state index in [1.54, 1.807) is 12.3 Å². The van der Waals surface area contributed by atoms with Crippen LogP contribution in [-0.2, 0) is 11.2 Å². The molecular formula is C19H12ClFN2O. The Morgan fingerprint density at radius 1 is 1.08 bits per heavy atom. The van der Waals surface area contributed by atoms with Crippen molar-refractivity contribution >= 4 is 23.2 Å². The Morgan fingerprint density at radius 3 is 2.79 bits per heavy atom. The van der Waals surface area contributed by atoms with Gasteiger partial charge in [-0.2, -0.15) is 0 Å².